The molecule has 0 fully saturated rings. The number of pyridine rings is 1. The first-order chi connectivity index (χ1) is 10.3. The monoisotopic (exact) mass is 283 g/mol. The van der Waals surface area contributed by atoms with Crippen LogP contribution in [-0.2, 0) is 0 Å². The van der Waals surface area contributed by atoms with E-state index in [1.165, 1.54) is 6.08 Å². The quantitative estimate of drug-likeness (QED) is 0.602. The summed E-state index contributed by atoms with van der Waals surface area (Å²) in [7, 11) is 1.58. The van der Waals surface area contributed by atoms with Crippen molar-refractivity contribution >= 4 is 11.9 Å². The molecule has 0 spiro atoms. The standard InChI is InChI=1S/C17H17NO3/c1-3-21-16-8-4-6-13(17(16)20-2)9-10-15(19)14-7-5-11-18-12-14/h4-12H,3H2,1-2H3. The highest BCUT2D eigenvalue weighted by atomic mass is 16.5. The van der Waals surface area contributed by atoms with Gasteiger partial charge in [0.15, 0.2) is 17.3 Å². The highest BCUT2D eigenvalue weighted by Gasteiger charge is 2.08. The van der Waals surface area contributed by atoms with E-state index in [-0.39, 0.29) is 5.78 Å². The summed E-state index contributed by atoms with van der Waals surface area (Å²) in [6.45, 7) is 2.46. The van der Waals surface area contributed by atoms with Crippen LogP contribution in [-0.4, -0.2) is 24.5 Å². The fourth-order valence-electron chi connectivity index (χ4n) is 1.92. The average molecular weight is 283 g/mol. The fraction of sp³-hybridized carbons (Fsp3) is 0.176. The molecule has 0 aliphatic rings. The minimum Gasteiger partial charge on any atom is -0.492 e. The van der Waals surface area contributed by atoms with Crippen molar-refractivity contribution < 1.29 is 14.3 Å². The molecule has 0 radical (unpaired) electrons. The molecule has 0 aliphatic heterocycles. The Labute approximate surface area is 124 Å². The Morgan fingerprint density at radius 3 is 2.81 bits per heavy atom. The Morgan fingerprint density at radius 1 is 1.29 bits per heavy atom. The molecule has 4 nitrogen and oxygen atoms in total. The van der Waals surface area contributed by atoms with Crippen LogP contribution in [0.1, 0.15) is 22.8 Å². The second-order valence-electron chi connectivity index (χ2n) is 4.25. The largest absolute Gasteiger partial charge is 0.492 e. The number of methoxy groups -OCH3 is 1. The topological polar surface area (TPSA) is 48.4 Å². The molecule has 1 aromatic heterocycles. The number of benzene rings is 1. The van der Waals surface area contributed by atoms with Crippen molar-refractivity contribution in [1.82, 2.24) is 4.98 Å². The molecule has 0 unspecified atom stereocenters. The summed E-state index contributed by atoms with van der Waals surface area (Å²) < 4.78 is 10.9. The van der Waals surface area contributed by atoms with E-state index in [0.717, 1.165) is 5.56 Å². The maximum absolute atomic E-state index is 12.0. The molecule has 2 aromatic rings. The van der Waals surface area contributed by atoms with Gasteiger partial charge in [0.1, 0.15) is 0 Å². The minimum absolute atomic E-state index is 0.105. The number of para-hydroxylation sites is 1. The van der Waals surface area contributed by atoms with Gasteiger partial charge in [-0.15, -0.1) is 0 Å². The lowest BCUT2D eigenvalue weighted by Crippen LogP contribution is -1.97. The molecule has 21 heavy (non-hydrogen) atoms. The molecular weight excluding hydrogens is 266 g/mol. The van der Waals surface area contributed by atoms with Crippen molar-refractivity contribution in [1.29, 1.82) is 0 Å². The molecule has 2 rings (SSSR count). The van der Waals surface area contributed by atoms with Gasteiger partial charge in [0, 0.05) is 23.5 Å². The Hall–Kier alpha value is -2.62. The zero-order valence-corrected chi connectivity index (χ0v) is 12.1. The SMILES string of the molecule is CCOc1cccc(C=CC(=O)c2cccnc2)c1OC. The van der Waals surface area contributed by atoms with Gasteiger partial charge in [0.2, 0.25) is 0 Å². The van der Waals surface area contributed by atoms with Gasteiger partial charge in [-0.25, -0.2) is 0 Å². The maximum Gasteiger partial charge on any atom is 0.187 e. The molecule has 0 atom stereocenters. The summed E-state index contributed by atoms with van der Waals surface area (Å²) in [5.74, 6) is 1.18. The highest BCUT2D eigenvalue weighted by Crippen LogP contribution is 2.31. The summed E-state index contributed by atoms with van der Waals surface area (Å²) in [4.78, 5) is 16.0. The maximum atomic E-state index is 12.0. The third-order valence-corrected chi connectivity index (χ3v) is 2.87. The number of carbonyl (C=O) groups is 1. The lowest BCUT2D eigenvalue weighted by atomic mass is 10.1. The van der Waals surface area contributed by atoms with Crippen molar-refractivity contribution in [3.8, 4) is 11.5 Å². The van der Waals surface area contributed by atoms with E-state index in [0.29, 0.717) is 23.7 Å². The van der Waals surface area contributed by atoms with Gasteiger partial charge in [-0.2, -0.15) is 0 Å². The van der Waals surface area contributed by atoms with Gasteiger partial charge in [0.25, 0.3) is 0 Å². The van der Waals surface area contributed by atoms with E-state index in [1.54, 1.807) is 37.7 Å². The first-order valence-corrected chi connectivity index (χ1v) is 6.68. The van der Waals surface area contributed by atoms with Crippen LogP contribution >= 0.6 is 0 Å². The molecule has 1 aromatic carbocycles. The molecular formula is C17H17NO3. The van der Waals surface area contributed by atoms with Crippen molar-refractivity contribution in [2.24, 2.45) is 0 Å². The molecule has 0 saturated heterocycles. The number of allylic oxidation sites excluding steroid dienone is 1. The first-order valence-electron chi connectivity index (χ1n) is 6.68. The summed E-state index contributed by atoms with van der Waals surface area (Å²) in [5.41, 5.74) is 1.34. The molecule has 0 amide bonds. The number of hydrogen-bond acceptors (Lipinski definition) is 4. The summed E-state index contributed by atoms with van der Waals surface area (Å²) in [6, 6.07) is 9.03. The number of carbonyl (C=O) groups excluding carboxylic acids is 1. The zero-order chi connectivity index (χ0) is 15.1. The predicted octanol–water partition coefficient (Wildman–Crippen LogP) is 3.39. The van der Waals surface area contributed by atoms with Crippen LogP contribution in [0.25, 0.3) is 6.08 Å². The van der Waals surface area contributed by atoms with Crippen molar-refractivity contribution in [2.45, 2.75) is 6.92 Å². The molecule has 108 valence electrons. The van der Waals surface area contributed by atoms with Crippen LogP contribution in [0.15, 0.2) is 48.8 Å². The third-order valence-electron chi connectivity index (χ3n) is 2.87. The Bertz CT molecular complexity index is 636. The van der Waals surface area contributed by atoms with E-state index in [2.05, 4.69) is 4.98 Å². The van der Waals surface area contributed by atoms with Crippen molar-refractivity contribution in [2.75, 3.05) is 13.7 Å². The number of rotatable bonds is 6. The van der Waals surface area contributed by atoms with Crippen LogP contribution < -0.4 is 9.47 Å². The first kappa shape index (κ1) is 14.8. The van der Waals surface area contributed by atoms with Crippen LogP contribution in [0.2, 0.25) is 0 Å². The Kier molecular flexibility index (Phi) is 5.10. The van der Waals surface area contributed by atoms with Gasteiger partial charge < -0.3 is 9.47 Å². The number of ether oxygens (including phenoxy) is 2. The lowest BCUT2D eigenvalue weighted by Gasteiger charge is -2.11. The molecule has 0 N–H and O–H groups in total. The van der Waals surface area contributed by atoms with E-state index in [1.807, 2.05) is 25.1 Å². The van der Waals surface area contributed by atoms with Gasteiger partial charge in [-0.3, -0.25) is 9.78 Å². The van der Waals surface area contributed by atoms with E-state index in [9.17, 15) is 4.79 Å². The number of nitrogens with zero attached hydrogens (tertiary/aromatic N) is 1. The van der Waals surface area contributed by atoms with Gasteiger partial charge in [-0.1, -0.05) is 12.1 Å². The highest BCUT2D eigenvalue weighted by molar-refractivity contribution is 6.06. The Morgan fingerprint density at radius 2 is 2.14 bits per heavy atom. The zero-order valence-electron chi connectivity index (χ0n) is 12.1. The van der Waals surface area contributed by atoms with Gasteiger partial charge in [-0.05, 0) is 37.3 Å². The van der Waals surface area contributed by atoms with Gasteiger partial charge in [0.05, 0.1) is 13.7 Å². The number of hydrogen-bond donors (Lipinski definition) is 0. The molecule has 1 heterocycles. The summed E-state index contributed by atoms with van der Waals surface area (Å²) in [5, 5.41) is 0. The van der Waals surface area contributed by atoms with E-state index in [4.69, 9.17) is 9.47 Å². The van der Waals surface area contributed by atoms with Crippen LogP contribution in [0.5, 0.6) is 11.5 Å². The smallest absolute Gasteiger partial charge is 0.187 e. The predicted molar refractivity (Wildman–Crippen MR) is 81.8 cm³/mol. The molecule has 0 saturated carbocycles. The van der Waals surface area contributed by atoms with Gasteiger partial charge >= 0.3 is 0 Å². The molecule has 0 bridgehead atoms. The third kappa shape index (κ3) is 3.69. The van der Waals surface area contributed by atoms with Crippen LogP contribution in [0, 0.1) is 0 Å². The summed E-state index contributed by atoms with van der Waals surface area (Å²) in [6.07, 6.45) is 6.40. The fourth-order valence-corrected chi connectivity index (χ4v) is 1.92. The van der Waals surface area contributed by atoms with Crippen molar-refractivity contribution in [3.05, 3.63) is 59.9 Å². The minimum atomic E-state index is -0.105. The number of aromatic nitrogens is 1. The summed E-state index contributed by atoms with van der Waals surface area (Å²) >= 11 is 0. The average Bonchev–Trinajstić information content (AvgIpc) is 2.54. The van der Waals surface area contributed by atoms with Crippen LogP contribution in [0.3, 0.4) is 0 Å². The second-order valence-corrected chi connectivity index (χ2v) is 4.25. The van der Waals surface area contributed by atoms with Crippen LogP contribution in [0.4, 0.5) is 0 Å². The molecule has 4 heteroatoms. The van der Waals surface area contributed by atoms with E-state index < -0.39 is 0 Å². The lowest BCUT2D eigenvalue weighted by molar-refractivity contribution is 0.104. The normalized spacial score (nSPS) is 10.6. The van der Waals surface area contributed by atoms with E-state index >= 15 is 0 Å². The Balaban J connectivity index is 2.25. The van der Waals surface area contributed by atoms with Crippen molar-refractivity contribution in [3.63, 3.8) is 0 Å². The number of ketones is 1. The second kappa shape index (κ2) is 7.24. The molecule has 0 aliphatic carbocycles.